The first kappa shape index (κ1) is 15.2. The van der Waals surface area contributed by atoms with Gasteiger partial charge < -0.3 is 10.1 Å². The van der Waals surface area contributed by atoms with Crippen LogP contribution in [0.25, 0.3) is 0 Å². The minimum atomic E-state index is -0.653. The van der Waals surface area contributed by atoms with Crippen molar-refractivity contribution in [3.05, 3.63) is 35.9 Å². The minimum absolute atomic E-state index is 0.219. The molecule has 1 aromatic carbocycles. The number of rotatable bonds is 5. The highest BCUT2D eigenvalue weighted by Crippen LogP contribution is 2.17. The fraction of sp³-hybridized carbons (Fsp3) is 0.533. The number of carbonyl (C=O) groups is 1. The third kappa shape index (κ3) is 4.15. The summed E-state index contributed by atoms with van der Waals surface area (Å²) >= 11 is 0. The van der Waals surface area contributed by atoms with Crippen LogP contribution in [0.1, 0.15) is 24.3 Å². The highest BCUT2D eigenvalue weighted by atomic mass is 32.2. The van der Waals surface area contributed by atoms with E-state index in [1.54, 1.807) is 0 Å². The second-order valence-electron chi connectivity index (χ2n) is 5.02. The van der Waals surface area contributed by atoms with Crippen molar-refractivity contribution in [2.24, 2.45) is 0 Å². The summed E-state index contributed by atoms with van der Waals surface area (Å²) in [7, 11) is 0.765. The van der Waals surface area contributed by atoms with Gasteiger partial charge in [-0.2, -0.15) is 0 Å². The van der Waals surface area contributed by atoms with Gasteiger partial charge in [-0.3, -0.25) is 9.00 Å². The van der Waals surface area contributed by atoms with Gasteiger partial charge in [0.15, 0.2) is 0 Å². The molecule has 0 aromatic heterocycles. The minimum Gasteiger partial charge on any atom is -0.469 e. The lowest BCUT2D eigenvalue weighted by Crippen LogP contribution is -2.39. The van der Waals surface area contributed by atoms with E-state index in [4.69, 9.17) is 4.74 Å². The lowest BCUT2D eigenvalue weighted by molar-refractivity contribution is -0.142. The maximum absolute atomic E-state index is 11.9. The molecule has 20 heavy (non-hydrogen) atoms. The molecule has 0 aliphatic carbocycles. The molecular weight excluding hydrogens is 274 g/mol. The van der Waals surface area contributed by atoms with Crippen molar-refractivity contribution in [3.63, 3.8) is 0 Å². The van der Waals surface area contributed by atoms with Crippen LogP contribution in [-0.2, 0) is 20.3 Å². The van der Waals surface area contributed by atoms with E-state index in [1.165, 1.54) is 7.11 Å². The van der Waals surface area contributed by atoms with Crippen molar-refractivity contribution < 1.29 is 13.7 Å². The molecule has 1 aliphatic heterocycles. The second kappa shape index (κ2) is 7.55. The van der Waals surface area contributed by atoms with E-state index in [9.17, 15) is 9.00 Å². The average Bonchev–Trinajstić information content (AvgIpc) is 2.50. The summed E-state index contributed by atoms with van der Waals surface area (Å²) in [4.78, 5) is 11.9. The Morgan fingerprint density at radius 1 is 1.35 bits per heavy atom. The van der Waals surface area contributed by atoms with Gasteiger partial charge in [-0.05, 0) is 18.4 Å². The van der Waals surface area contributed by atoms with Crippen LogP contribution in [0, 0.1) is 0 Å². The van der Waals surface area contributed by atoms with Crippen molar-refractivity contribution in [2.45, 2.75) is 24.8 Å². The van der Waals surface area contributed by atoms with Crippen LogP contribution in [0.15, 0.2) is 30.3 Å². The smallest absolute Gasteiger partial charge is 0.314 e. The van der Waals surface area contributed by atoms with Crippen molar-refractivity contribution in [1.82, 2.24) is 5.32 Å². The first-order valence-corrected chi connectivity index (χ1v) is 8.40. The normalized spacial score (nSPS) is 24.1. The molecule has 0 bridgehead atoms. The SMILES string of the molecule is COC(=O)C(CNC1CCS(=O)CC1)c1ccccc1. The molecular formula is C15H21NO3S. The molecule has 1 aliphatic rings. The van der Waals surface area contributed by atoms with Gasteiger partial charge in [0.1, 0.15) is 0 Å². The molecule has 1 unspecified atom stereocenters. The fourth-order valence-corrected chi connectivity index (χ4v) is 3.75. The zero-order chi connectivity index (χ0) is 14.4. The molecule has 2 rings (SSSR count). The van der Waals surface area contributed by atoms with Crippen LogP contribution in [0.5, 0.6) is 0 Å². The molecule has 0 radical (unpaired) electrons. The first-order valence-electron chi connectivity index (χ1n) is 6.92. The quantitative estimate of drug-likeness (QED) is 0.835. The van der Waals surface area contributed by atoms with E-state index in [0.717, 1.165) is 29.9 Å². The van der Waals surface area contributed by atoms with Crippen LogP contribution in [-0.4, -0.2) is 41.4 Å². The molecule has 1 saturated heterocycles. The number of carbonyl (C=O) groups excluding carboxylic acids is 1. The number of benzene rings is 1. The van der Waals surface area contributed by atoms with Gasteiger partial charge in [0, 0.05) is 34.9 Å². The number of methoxy groups -OCH3 is 1. The standard InChI is InChI=1S/C15H21NO3S/c1-19-15(17)14(12-5-3-2-4-6-12)11-16-13-7-9-20(18)10-8-13/h2-6,13-14,16H,7-11H2,1H3. The number of ether oxygens (including phenoxy) is 1. The molecule has 4 nitrogen and oxygen atoms in total. The Labute approximate surface area is 122 Å². The van der Waals surface area contributed by atoms with E-state index in [-0.39, 0.29) is 11.9 Å². The maximum Gasteiger partial charge on any atom is 0.314 e. The summed E-state index contributed by atoms with van der Waals surface area (Å²) in [6.07, 6.45) is 1.82. The maximum atomic E-state index is 11.9. The molecule has 1 atom stereocenters. The summed E-state index contributed by atoms with van der Waals surface area (Å²) in [5.41, 5.74) is 0.964. The molecule has 1 N–H and O–H groups in total. The zero-order valence-electron chi connectivity index (χ0n) is 11.7. The highest BCUT2D eigenvalue weighted by molar-refractivity contribution is 7.85. The Morgan fingerprint density at radius 3 is 2.60 bits per heavy atom. The predicted octanol–water partition coefficient (Wildman–Crippen LogP) is 1.44. The largest absolute Gasteiger partial charge is 0.469 e. The van der Waals surface area contributed by atoms with Crippen molar-refractivity contribution >= 4 is 16.8 Å². The van der Waals surface area contributed by atoms with Gasteiger partial charge in [0.05, 0.1) is 13.0 Å². The Morgan fingerprint density at radius 2 is 2.00 bits per heavy atom. The zero-order valence-corrected chi connectivity index (χ0v) is 12.5. The van der Waals surface area contributed by atoms with Crippen LogP contribution in [0.4, 0.5) is 0 Å². The first-order chi connectivity index (χ1) is 9.70. The summed E-state index contributed by atoms with van der Waals surface area (Å²) in [6.45, 7) is 0.563. The van der Waals surface area contributed by atoms with E-state index in [2.05, 4.69) is 5.32 Å². The monoisotopic (exact) mass is 295 g/mol. The lowest BCUT2D eigenvalue weighted by atomic mass is 9.98. The molecule has 0 saturated carbocycles. The van der Waals surface area contributed by atoms with Gasteiger partial charge in [0.25, 0.3) is 0 Å². The number of esters is 1. The number of hydrogen-bond acceptors (Lipinski definition) is 4. The summed E-state index contributed by atoms with van der Waals surface area (Å²) in [6, 6.07) is 10.0. The third-order valence-corrected chi connectivity index (χ3v) is 5.07. The van der Waals surface area contributed by atoms with Crippen molar-refractivity contribution in [1.29, 1.82) is 0 Å². The van der Waals surface area contributed by atoms with E-state index < -0.39 is 10.8 Å². The van der Waals surface area contributed by atoms with Gasteiger partial charge in [-0.25, -0.2) is 0 Å². The Balaban J connectivity index is 1.95. The molecule has 0 amide bonds. The Bertz CT molecular complexity index is 453. The van der Waals surface area contributed by atoms with Crippen molar-refractivity contribution in [3.8, 4) is 0 Å². The van der Waals surface area contributed by atoms with Gasteiger partial charge in [-0.1, -0.05) is 30.3 Å². The van der Waals surface area contributed by atoms with E-state index in [1.807, 2.05) is 30.3 Å². The lowest BCUT2D eigenvalue weighted by Gasteiger charge is -2.25. The number of nitrogens with one attached hydrogen (secondary N) is 1. The van der Waals surface area contributed by atoms with Crippen molar-refractivity contribution in [2.75, 3.05) is 25.2 Å². The topological polar surface area (TPSA) is 55.4 Å². The molecule has 110 valence electrons. The number of hydrogen-bond donors (Lipinski definition) is 1. The van der Waals surface area contributed by atoms with E-state index >= 15 is 0 Å². The predicted molar refractivity (Wildman–Crippen MR) is 80.1 cm³/mol. The highest BCUT2D eigenvalue weighted by Gasteiger charge is 2.24. The van der Waals surface area contributed by atoms with Crippen LogP contribution < -0.4 is 5.32 Å². The molecule has 5 heteroatoms. The summed E-state index contributed by atoms with van der Waals surface area (Å²) in [5.74, 6) is 1.01. The Hall–Kier alpha value is -1.20. The van der Waals surface area contributed by atoms with Gasteiger partial charge >= 0.3 is 5.97 Å². The molecule has 1 aromatic rings. The van der Waals surface area contributed by atoms with E-state index in [0.29, 0.717) is 12.6 Å². The molecule has 0 spiro atoms. The van der Waals surface area contributed by atoms with Crippen LogP contribution in [0.2, 0.25) is 0 Å². The summed E-state index contributed by atoms with van der Waals surface area (Å²) < 4.78 is 16.2. The van der Waals surface area contributed by atoms with Gasteiger partial charge in [0.2, 0.25) is 0 Å². The third-order valence-electron chi connectivity index (χ3n) is 3.69. The Kier molecular flexibility index (Phi) is 5.73. The molecule has 1 fully saturated rings. The second-order valence-corrected chi connectivity index (χ2v) is 6.71. The van der Waals surface area contributed by atoms with Gasteiger partial charge in [-0.15, -0.1) is 0 Å². The molecule has 1 heterocycles. The average molecular weight is 295 g/mol. The van der Waals surface area contributed by atoms with Crippen LogP contribution in [0.3, 0.4) is 0 Å². The van der Waals surface area contributed by atoms with Crippen LogP contribution >= 0.6 is 0 Å². The fourth-order valence-electron chi connectivity index (χ4n) is 2.45. The summed E-state index contributed by atoms with van der Waals surface area (Å²) in [5, 5.41) is 3.42.